The Labute approximate surface area is 151 Å². The highest BCUT2D eigenvalue weighted by Gasteiger charge is 2.28. The number of hydrogen-bond donors (Lipinski definition) is 0. The normalized spacial score (nSPS) is 19.7. The fraction of sp³-hybridized carbons (Fsp3) is 0.474. The maximum Gasteiger partial charge on any atom is 0.260 e. The first-order valence-electron chi connectivity index (χ1n) is 8.96. The molecule has 26 heavy (non-hydrogen) atoms. The third kappa shape index (κ3) is 4.22. The van der Waals surface area contributed by atoms with Gasteiger partial charge >= 0.3 is 0 Å². The van der Waals surface area contributed by atoms with E-state index in [4.69, 9.17) is 9.47 Å². The lowest BCUT2D eigenvalue weighted by Crippen LogP contribution is -2.40. The highest BCUT2D eigenvalue weighted by atomic mass is 19.1. The monoisotopic (exact) mass is 359 g/mol. The number of halogens is 1. The minimum atomic E-state index is -0.333. The van der Waals surface area contributed by atoms with E-state index < -0.39 is 0 Å². The van der Waals surface area contributed by atoms with Gasteiger partial charge in [0.2, 0.25) is 0 Å². The van der Waals surface area contributed by atoms with Gasteiger partial charge in [0.15, 0.2) is 6.61 Å². The van der Waals surface area contributed by atoms with Crippen LogP contribution in [0.3, 0.4) is 0 Å². The molecule has 2 heterocycles. The molecule has 138 valence electrons. The molecule has 1 aliphatic carbocycles. The van der Waals surface area contributed by atoms with E-state index >= 15 is 0 Å². The van der Waals surface area contributed by atoms with Crippen molar-refractivity contribution in [2.75, 3.05) is 19.8 Å². The molecule has 1 amide bonds. The number of fused-ring (bicyclic) bond motifs is 1. The van der Waals surface area contributed by atoms with E-state index in [-0.39, 0.29) is 24.4 Å². The SMILES string of the molecule is O=C(COc1ccc(F)cc1)N1Cc2ccnn2C[C@H](OCC2CC2)C1. The van der Waals surface area contributed by atoms with E-state index in [2.05, 4.69) is 5.10 Å². The van der Waals surface area contributed by atoms with Crippen molar-refractivity contribution in [3.05, 3.63) is 48.0 Å². The van der Waals surface area contributed by atoms with Gasteiger partial charge in [0.05, 0.1) is 24.9 Å². The summed E-state index contributed by atoms with van der Waals surface area (Å²) < 4.78 is 26.4. The Morgan fingerprint density at radius 3 is 2.77 bits per heavy atom. The van der Waals surface area contributed by atoms with Gasteiger partial charge in [0.1, 0.15) is 11.6 Å². The highest BCUT2D eigenvalue weighted by Crippen LogP contribution is 2.29. The zero-order valence-electron chi connectivity index (χ0n) is 14.5. The number of benzene rings is 1. The first-order chi connectivity index (χ1) is 12.7. The second-order valence-corrected chi connectivity index (χ2v) is 6.92. The lowest BCUT2D eigenvalue weighted by atomic mass is 10.3. The van der Waals surface area contributed by atoms with E-state index in [1.165, 1.54) is 37.1 Å². The van der Waals surface area contributed by atoms with Crippen molar-refractivity contribution in [2.45, 2.75) is 32.0 Å². The summed E-state index contributed by atoms with van der Waals surface area (Å²) in [6, 6.07) is 7.58. The molecule has 0 radical (unpaired) electrons. The van der Waals surface area contributed by atoms with Gasteiger partial charge in [-0.2, -0.15) is 5.10 Å². The fourth-order valence-corrected chi connectivity index (χ4v) is 3.03. The van der Waals surface area contributed by atoms with E-state index in [1.807, 2.05) is 10.7 Å². The standard InChI is InChI=1S/C19H22FN3O3/c20-15-3-5-17(6-4-15)26-13-19(24)22-9-16-7-8-21-23(16)11-18(10-22)25-12-14-1-2-14/h3-8,14,18H,1-2,9-13H2/t18-/m1/s1. The third-order valence-corrected chi connectivity index (χ3v) is 4.75. The molecule has 0 saturated heterocycles. The summed E-state index contributed by atoms with van der Waals surface area (Å²) in [5.74, 6) is 0.687. The number of amides is 1. The number of rotatable bonds is 6. The molecule has 2 aliphatic rings. The zero-order chi connectivity index (χ0) is 17.9. The number of carbonyl (C=O) groups is 1. The van der Waals surface area contributed by atoms with Gasteiger partial charge in [-0.1, -0.05) is 0 Å². The van der Waals surface area contributed by atoms with Gasteiger partial charge in [0, 0.05) is 19.3 Å². The Morgan fingerprint density at radius 2 is 2.00 bits per heavy atom. The van der Waals surface area contributed by atoms with Crippen molar-refractivity contribution in [1.82, 2.24) is 14.7 Å². The summed E-state index contributed by atoms with van der Waals surface area (Å²) >= 11 is 0. The number of aromatic nitrogens is 2. The molecule has 1 aromatic heterocycles. The Kier molecular flexibility index (Phi) is 4.88. The van der Waals surface area contributed by atoms with Crippen LogP contribution in [0.4, 0.5) is 4.39 Å². The van der Waals surface area contributed by atoms with Crippen molar-refractivity contribution < 1.29 is 18.7 Å². The lowest BCUT2D eigenvalue weighted by Gasteiger charge is -2.24. The molecular formula is C19H22FN3O3. The largest absolute Gasteiger partial charge is 0.484 e. The van der Waals surface area contributed by atoms with E-state index in [0.29, 0.717) is 31.3 Å². The summed E-state index contributed by atoms with van der Waals surface area (Å²) in [7, 11) is 0. The van der Waals surface area contributed by atoms with Crippen molar-refractivity contribution in [3.8, 4) is 5.75 Å². The van der Waals surface area contributed by atoms with Crippen LogP contribution in [0.15, 0.2) is 36.5 Å². The van der Waals surface area contributed by atoms with Gasteiger partial charge in [-0.15, -0.1) is 0 Å². The Morgan fingerprint density at radius 1 is 1.19 bits per heavy atom. The van der Waals surface area contributed by atoms with E-state index in [0.717, 1.165) is 12.3 Å². The van der Waals surface area contributed by atoms with Crippen molar-refractivity contribution >= 4 is 5.91 Å². The Hall–Kier alpha value is -2.41. The quantitative estimate of drug-likeness (QED) is 0.794. The molecule has 4 rings (SSSR count). The van der Waals surface area contributed by atoms with Crippen molar-refractivity contribution in [3.63, 3.8) is 0 Å². The van der Waals surface area contributed by atoms with Crippen LogP contribution < -0.4 is 4.74 Å². The predicted molar refractivity (Wildman–Crippen MR) is 92.0 cm³/mol. The van der Waals surface area contributed by atoms with Crippen LogP contribution in [0.2, 0.25) is 0 Å². The Balaban J connectivity index is 1.39. The summed E-state index contributed by atoms with van der Waals surface area (Å²) in [5.41, 5.74) is 0.984. The summed E-state index contributed by atoms with van der Waals surface area (Å²) in [6.45, 7) is 2.30. The van der Waals surface area contributed by atoms with Gasteiger partial charge in [-0.05, 0) is 49.1 Å². The molecule has 6 nitrogen and oxygen atoms in total. The van der Waals surface area contributed by atoms with Gasteiger partial charge in [0.25, 0.3) is 5.91 Å². The average molecular weight is 359 g/mol. The minimum Gasteiger partial charge on any atom is -0.484 e. The summed E-state index contributed by atoms with van der Waals surface area (Å²) in [4.78, 5) is 14.4. The molecule has 7 heteroatoms. The lowest BCUT2D eigenvalue weighted by molar-refractivity contribution is -0.136. The van der Waals surface area contributed by atoms with Crippen LogP contribution in [-0.2, 0) is 22.6 Å². The van der Waals surface area contributed by atoms with Crippen LogP contribution in [0.25, 0.3) is 0 Å². The molecule has 0 unspecified atom stereocenters. The van der Waals surface area contributed by atoms with Gasteiger partial charge in [-0.25, -0.2) is 4.39 Å². The maximum atomic E-state index is 13.0. The fourth-order valence-electron chi connectivity index (χ4n) is 3.03. The van der Waals surface area contributed by atoms with Crippen LogP contribution in [0.1, 0.15) is 18.5 Å². The van der Waals surface area contributed by atoms with Gasteiger partial charge < -0.3 is 14.4 Å². The molecule has 1 atom stereocenters. The van der Waals surface area contributed by atoms with E-state index in [1.54, 1.807) is 11.1 Å². The first kappa shape index (κ1) is 17.0. The number of ether oxygens (including phenoxy) is 2. The van der Waals surface area contributed by atoms with Gasteiger partial charge in [-0.3, -0.25) is 9.48 Å². The molecule has 0 N–H and O–H groups in total. The first-order valence-corrected chi connectivity index (χ1v) is 8.96. The van der Waals surface area contributed by atoms with E-state index in [9.17, 15) is 9.18 Å². The molecule has 2 aromatic rings. The minimum absolute atomic E-state index is 0.0773. The Bertz CT molecular complexity index is 758. The number of nitrogens with zero attached hydrogens (tertiary/aromatic N) is 3. The number of hydrogen-bond acceptors (Lipinski definition) is 4. The number of carbonyl (C=O) groups excluding carboxylic acids is 1. The molecule has 1 aliphatic heterocycles. The molecular weight excluding hydrogens is 337 g/mol. The van der Waals surface area contributed by atoms with Crippen molar-refractivity contribution in [1.29, 1.82) is 0 Å². The predicted octanol–water partition coefficient (Wildman–Crippen LogP) is 2.24. The average Bonchev–Trinajstić information content (AvgIpc) is 3.41. The topological polar surface area (TPSA) is 56.6 Å². The third-order valence-electron chi connectivity index (χ3n) is 4.75. The van der Waals surface area contributed by atoms with Crippen LogP contribution in [0.5, 0.6) is 5.75 Å². The molecule has 0 spiro atoms. The maximum absolute atomic E-state index is 13.0. The summed E-state index contributed by atoms with van der Waals surface area (Å²) in [6.07, 6.45) is 4.13. The van der Waals surface area contributed by atoms with Crippen LogP contribution in [-0.4, -0.2) is 46.5 Å². The molecule has 1 saturated carbocycles. The highest BCUT2D eigenvalue weighted by molar-refractivity contribution is 5.77. The van der Waals surface area contributed by atoms with Crippen LogP contribution >= 0.6 is 0 Å². The molecule has 0 bridgehead atoms. The molecule has 1 aromatic carbocycles. The zero-order valence-corrected chi connectivity index (χ0v) is 14.5. The second-order valence-electron chi connectivity index (χ2n) is 6.92. The smallest absolute Gasteiger partial charge is 0.260 e. The second kappa shape index (κ2) is 7.45. The summed E-state index contributed by atoms with van der Waals surface area (Å²) in [5, 5.41) is 4.34. The molecule has 1 fully saturated rings. The van der Waals surface area contributed by atoms with Crippen molar-refractivity contribution in [2.24, 2.45) is 5.92 Å². The van der Waals surface area contributed by atoms with Crippen LogP contribution in [0, 0.1) is 11.7 Å².